The normalized spacial score (nSPS) is 14.6. The number of benzene rings is 2. The minimum Gasteiger partial charge on any atom is -0.272 e. The first kappa shape index (κ1) is 13.2. The highest BCUT2D eigenvalue weighted by molar-refractivity contribution is 6.31. The number of anilines is 1. The van der Waals surface area contributed by atoms with E-state index in [2.05, 4.69) is 5.10 Å². The van der Waals surface area contributed by atoms with Crippen molar-refractivity contribution in [2.45, 2.75) is 6.42 Å². The fourth-order valence-electron chi connectivity index (χ4n) is 2.04. The second-order valence-corrected chi connectivity index (χ2v) is 5.29. The van der Waals surface area contributed by atoms with Crippen LogP contribution in [0.5, 0.6) is 0 Å². The fourth-order valence-corrected chi connectivity index (χ4v) is 2.36. The summed E-state index contributed by atoms with van der Waals surface area (Å²) in [6.45, 7) is 0. The van der Waals surface area contributed by atoms with E-state index >= 15 is 0 Å². The summed E-state index contributed by atoms with van der Waals surface area (Å²) in [6, 6.07) is 14.3. The van der Waals surface area contributed by atoms with Gasteiger partial charge >= 0.3 is 0 Å². The van der Waals surface area contributed by atoms with E-state index < -0.39 is 0 Å². The van der Waals surface area contributed by atoms with Crippen molar-refractivity contribution in [2.24, 2.45) is 5.10 Å². The Morgan fingerprint density at radius 3 is 2.45 bits per heavy atom. The number of rotatable bonds is 2. The Bertz CT molecular complexity index is 695. The standard InChI is InChI=1S/C15H10Cl2N2O/c16-11-4-6-13(7-5-11)19-15(20)9-14(18-19)10-2-1-3-12(17)8-10/h1-8H,9H2. The van der Waals surface area contributed by atoms with E-state index in [-0.39, 0.29) is 12.3 Å². The predicted octanol–water partition coefficient (Wildman–Crippen LogP) is 4.13. The van der Waals surface area contributed by atoms with Gasteiger partial charge in [-0.15, -0.1) is 0 Å². The molecule has 0 radical (unpaired) electrons. The van der Waals surface area contributed by atoms with Crippen LogP contribution in [-0.4, -0.2) is 11.6 Å². The highest BCUT2D eigenvalue weighted by Crippen LogP contribution is 2.25. The van der Waals surface area contributed by atoms with E-state index in [1.807, 2.05) is 12.1 Å². The highest BCUT2D eigenvalue weighted by Gasteiger charge is 2.26. The molecule has 100 valence electrons. The lowest BCUT2D eigenvalue weighted by Crippen LogP contribution is -2.19. The molecule has 0 aromatic heterocycles. The van der Waals surface area contributed by atoms with Crippen LogP contribution in [0.2, 0.25) is 10.0 Å². The van der Waals surface area contributed by atoms with Crippen LogP contribution < -0.4 is 5.01 Å². The number of nitrogens with zero attached hydrogens (tertiary/aromatic N) is 2. The van der Waals surface area contributed by atoms with Gasteiger partial charge in [-0.1, -0.05) is 35.3 Å². The Hall–Kier alpha value is -1.84. The largest absolute Gasteiger partial charge is 0.272 e. The summed E-state index contributed by atoms with van der Waals surface area (Å²) in [5, 5.41) is 7.03. The summed E-state index contributed by atoms with van der Waals surface area (Å²) >= 11 is 11.8. The summed E-state index contributed by atoms with van der Waals surface area (Å²) in [6.07, 6.45) is 0.267. The third kappa shape index (κ3) is 2.55. The molecule has 0 atom stereocenters. The molecule has 0 saturated heterocycles. The molecule has 5 heteroatoms. The second kappa shape index (κ2) is 5.27. The average Bonchev–Trinajstić information content (AvgIpc) is 2.82. The fraction of sp³-hybridized carbons (Fsp3) is 0.0667. The van der Waals surface area contributed by atoms with Crippen molar-refractivity contribution in [2.75, 3.05) is 5.01 Å². The maximum atomic E-state index is 12.1. The van der Waals surface area contributed by atoms with Gasteiger partial charge in [0.1, 0.15) is 0 Å². The quantitative estimate of drug-likeness (QED) is 0.821. The van der Waals surface area contributed by atoms with Crippen molar-refractivity contribution in [3.05, 3.63) is 64.1 Å². The van der Waals surface area contributed by atoms with Crippen LogP contribution in [-0.2, 0) is 4.79 Å². The van der Waals surface area contributed by atoms with Gasteiger partial charge in [0.2, 0.25) is 0 Å². The minimum absolute atomic E-state index is 0.0673. The maximum Gasteiger partial charge on any atom is 0.253 e. The van der Waals surface area contributed by atoms with Gasteiger partial charge < -0.3 is 0 Å². The van der Waals surface area contributed by atoms with Crippen molar-refractivity contribution in [3.63, 3.8) is 0 Å². The SMILES string of the molecule is O=C1CC(c2cccc(Cl)c2)=NN1c1ccc(Cl)cc1. The highest BCUT2D eigenvalue weighted by atomic mass is 35.5. The van der Waals surface area contributed by atoms with Gasteiger partial charge in [0.25, 0.3) is 5.91 Å². The van der Waals surface area contributed by atoms with Crippen LogP contribution in [0.1, 0.15) is 12.0 Å². The summed E-state index contributed by atoms with van der Waals surface area (Å²) in [5.74, 6) is -0.0673. The number of hydrazone groups is 1. The van der Waals surface area contributed by atoms with Crippen LogP contribution >= 0.6 is 23.2 Å². The van der Waals surface area contributed by atoms with Gasteiger partial charge in [-0.3, -0.25) is 4.79 Å². The Kier molecular flexibility index (Phi) is 3.47. The van der Waals surface area contributed by atoms with Gasteiger partial charge in [-0.25, -0.2) is 5.01 Å². The molecule has 0 fully saturated rings. The number of carbonyl (C=O) groups is 1. The summed E-state index contributed by atoms with van der Waals surface area (Å²) in [4.78, 5) is 12.1. The molecule has 1 heterocycles. The molecule has 0 N–H and O–H groups in total. The summed E-state index contributed by atoms with van der Waals surface area (Å²) in [5.41, 5.74) is 2.28. The Labute approximate surface area is 126 Å². The lowest BCUT2D eigenvalue weighted by atomic mass is 10.1. The first-order valence-corrected chi connectivity index (χ1v) is 6.81. The lowest BCUT2D eigenvalue weighted by Gasteiger charge is -2.11. The van der Waals surface area contributed by atoms with Crippen molar-refractivity contribution >= 4 is 40.5 Å². The molecule has 0 spiro atoms. The van der Waals surface area contributed by atoms with Crippen molar-refractivity contribution in [1.29, 1.82) is 0 Å². The van der Waals surface area contributed by atoms with Crippen LogP contribution in [0, 0.1) is 0 Å². The zero-order chi connectivity index (χ0) is 14.1. The molecule has 0 unspecified atom stereocenters. The van der Waals surface area contributed by atoms with E-state index in [4.69, 9.17) is 23.2 Å². The van der Waals surface area contributed by atoms with E-state index in [1.165, 1.54) is 5.01 Å². The third-order valence-electron chi connectivity index (χ3n) is 3.00. The van der Waals surface area contributed by atoms with Crippen LogP contribution in [0.3, 0.4) is 0 Å². The average molecular weight is 305 g/mol. The Morgan fingerprint density at radius 2 is 1.75 bits per heavy atom. The third-order valence-corrected chi connectivity index (χ3v) is 3.49. The van der Waals surface area contributed by atoms with Gasteiger partial charge in [0.05, 0.1) is 17.8 Å². The molecule has 1 aliphatic heterocycles. The molecule has 0 saturated carbocycles. The first-order chi connectivity index (χ1) is 9.63. The smallest absolute Gasteiger partial charge is 0.253 e. The predicted molar refractivity (Wildman–Crippen MR) is 81.5 cm³/mol. The molecule has 1 amide bonds. The zero-order valence-electron chi connectivity index (χ0n) is 10.4. The Morgan fingerprint density at radius 1 is 1.00 bits per heavy atom. The van der Waals surface area contributed by atoms with Gasteiger partial charge in [-0.05, 0) is 42.0 Å². The molecule has 2 aromatic carbocycles. The molecule has 20 heavy (non-hydrogen) atoms. The minimum atomic E-state index is -0.0673. The maximum absolute atomic E-state index is 12.1. The number of carbonyl (C=O) groups excluding carboxylic acids is 1. The number of amides is 1. The van der Waals surface area contributed by atoms with E-state index in [0.717, 1.165) is 5.56 Å². The molecule has 0 bridgehead atoms. The number of halogens is 2. The molecule has 3 rings (SSSR count). The molecule has 1 aliphatic rings. The monoisotopic (exact) mass is 304 g/mol. The van der Waals surface area contributed by atoms with Crippen LogP contribution in [0.25, 0.3) is 0 Å². The van der Waals surface area contributed by atoms with Gasteiger partial charge in [-0.2, -0.15) is 5.10 Å². The lowest BCUT2D eigenvalue weighted by molar-refractivity contribution is -0.116. The topological polar surface area (TPSA) is 32.7 Å². The van der Waals surface area contributed by atoms with E-state index in [9.17, 15) is 4.79 Å². The van der Waals surface area contributed by atoms with E-state index in [0.29, 0.717) is 21.4 Å². The summed E-state index contributed by atoms with van der Waals surface area (Å²) in [7, 11) is 0. The van der Waals surface area contributed by atoms with Gasteiger partial charge in [0, 0.05) is 10.0 Å². The second-order valence-electron chi connectivity index (χ2n) is 4.42. The van der Waals surface area contributed by atoms with Gasteiger partial charge in [0.15, 0.2) is 0 Å². The van der Waals surface area contributed by atoms with Crippen molar-refractivity contribution in [3.8, 4) is 0 Å². The molecule has 3 nitrogen and oxygen atoms in total. The first-order valence-electron chi connectivity index (χ1n) is 6.05. The Balaban J connectivity index is 1.94. The summed E-state index contributed by atoms with van der Waals surface area (Å²) < 4.78 is 0. The number of hydrogen-bond donors (Lipinski definition) is 0. The van der Waals surface area contributed by atoms with Crippen LogP contribution in [0.4, 0.5) is 5.69 Å². The zero-order valence-corrected chi connectivity index (χ0v) is 11.9. The molecule has 0 aliphatic carbocycles. The van der Waals surface area contributed by atoms with Crippen LogP contribution in [0.15, 0.2) is 53.6 Å². The molecular weight excluding hydrogens is 295 g/mol. The molecule has 2 aromatic rings. The van der Waals surface area contributed by atoms with Crippen molar-refractivity contribution in [1.82, 2.24) is 0 Å². The molecular formula is C15H10Cl2N2O. The van der Waals surface area contributed by atoms with Crippen molar-refractivity contribution < 1.29 is 4.79 Å². The number of hydrogen-bond acceptors (Lipinski definition) is 2. The van der Waals surface area contributed by atoms with E-state index in [1.54, 1.807) is 36.4 Å².